The number of methoxy groups -OCH3 is 1. The Morgan fingerprint density at radius 2 is 2.04 bits per heavy atom. The summed E-state index contributed by atoms with van der Waals surface area (Å²) < 4.78 is 10.3. The molecule has 0 aromatic heterocycles. The number of carbonyl (C=O) groups excluding carboxylic acids is 2. The zero-order valence-electron chi connectivity index (χ0n) is 13.8. The van der Waals surface area contributed by atoms with E-state index in [1.807, 2.05) is 30.3 Å². The fraction of sp³-hybridized carbons (Fsp3) is 0.389. The molecule has 132 valence electrons. The Morgan fingerprint density at radius 1 is 1.32 bits per heavy atom. The number of hydrogen-bond donors (Lipinski definition) is 1. The Balaban J connectivity index is 1.80. The Bertz CT molecular complexity index is 726. The molecule has 1 unspecified atom stereocenters. The fourth-order valence-corrected chi connectivity index (χ4v) is 3.17. The zero-order chi connectivity index (χ0) is 18.0. The van der Waals surface area contributed by atoms with Crippen molar-refractivity contribution in [1.82, 2.24) is 4.90 Å². The summed E-state index contributed by atoms with van der Waals surface area (Å²) in [4.78, 5) is 36.8. The molecule has 0 radical (unpaired) electrons. The molecule has 1 N–H and O–H groups in total. The van der Waals surface area contributed by atoms with Crippen LogP contribution in [0.5, 0.6) is 0 Å². The summed E-state index contributed by atoms with van der Waals surface area (Å²) in [5.41, 5.74) is 1.13. The number of ether oxygens (including phenoxy) is 2. The highest BCUT2D eigenvalue weighted by molar-refractivity contribution is 5.95. The second-order valence-corrected chi connectivity index (χ2v) is 5.99. The van der Waals surface area contributed by atoms with Gasteiger partial charge in [0, 0.05) is 0 Å². The van der Waals surface area contributed by atoms with E-state index in [-0.39, 0.29) is 30.1 Å². The molecule has 2 saturated heterocycles. The van der Waals surface area contributed by atoms with Crippen LogP contribution in [0.1, 0.15) is 24.8 Å². The maximum atomic E-state index is 12.1. The van der Waals surface area contributed by atoms with Gasteiger partial charge in [-0.2, -0.15) is 0 Å². The molecule has 7 nitrogen and oxygen atoms in total. The van der Waals surface area contributed by atoms with Gasteiger partial charge in [-0.1, -0.05) is 30.3 Å². The third-order valence-corrected chi connectivity index (χ3v) is 4.45. The van der Waals surface area contributed by atoms with Crippen LogP contribution in [0.15, 0.2) is 41.7 Å². The summed E-state index contributed by atoms with van der Waals surface area (Å²) in [6, 6.07) is 8.62. The van der Waals surface area contributed by atoms with Crippen LogP contribution in [0.2, 0.25) is 0 Å². The quantitative estimate of drug-likeness (QED) is 0.477. The topological polar surface area (TPSA) is 93.1 Å². The van der Waals surface area contributed by atoms with Gasteiger partial charge < -0.3 is 14.6 Å². The molecule has 1 aromatic carbocycles. The monoisotopic (exact) mass is 345 g/mol. The molecule has 25 heavy (non-hydrogen) atoms. The van der Waals surface area contributed by atoms with E-state index in [0.29, 0.717) is 12.8 Å². The molecule has 0 spiro atoms. The van der Waals surface area contributed by atoms with Crippen LogP contribution in [-0.2, 0) is 30.3 Å². The molecule has 1 amide bonds. The number of aryl methyl sites for hydroxylation is 1. The van der Waals surface area contributed by atoms with Crippen molar-refractivity contribution >= 4 is 17.8 Å². The number of hydrogen-bond acceptors (Lipinski definition) is 5. The predicted octanol–water partition coefficient (Wildman–Crippen LogP) is 1.48. The summed E-state index contributed by atoms with van der Waals surface area (Å²) in [6.07, 6.45) is 1.11. The first kappa shape index (κ1) is 17.0. The third-order valence-electron chi connectivity index (χ3n) is 4.45. The van der Waals surface area contributed by atoms with Crippen molar-refractivity contribution in [2.45, 2.75) is 38.0 Å². The number of esters is 1. The Morgan fingerprint density at radius 3 is 2.64 bits per heavy atom. The summed E-state index contributed by atoms with van der Waals surface area (Å²) in [5, 5.41) is 9.57. The van der Waals surface area contributed by atoms with E-state index < -0.39 is 24.2 Å². The average Bonchev–Trinajstić information content (AvgIpc) is 2.91. The van der Waals surface area contributed by atoms with Crippen molar-refractivity contribution in [3.05, 3.63) is 47.2 Å². The smallest absolute Gasteiger partial charge is 0.336 e. The minimum Gasteiger partial charge on any atom is -0.478 e. The summed E-state index contributed by atoms with van der Waals surface area (Å²) in [6.45, 7) is 0. The summed E-state index contributed by atoms with van der Waals surface area (Å²) in [7, 11) is 1.20. The van der Waals surface area contributed by atoms with Crippen molar-refractivity contribution in [2.24, 2.45) is 0 Å². The number of β-lactam (4-membered cyclic amide) rings is 1. The van der Waals surface area contributed by atoms with Crippen LogP contribution >= 0.6 is 0 Å². The second kappa shape index (κ2) is 6.96. The molecule has 1 aromatic rings. The summed E-state index contributed by atoms with van der Waals surface area (Å²) >= 11 is 0. The lowest BCUT2D eigenvalue weighted by Crippen LogP contribution is -2.55. The van der Waals surface area contributed by atoms with E-state index in [1.165, 1.54) is 12.0 Å². The van der Waals surface area contributed by atoms with E-state index in [9.17, 15) is 19.5 Å². The Labute approximate surface area is 144 Å². The lowest BCUT2D eigenvalue weighted by molar-refractivity contribution is -0.164. The minimum atomic E-state index is -1.15. The van der Waals surface area contributed by atoms with Gasteiger partial charge in [-0.05, 0) is 24.8 Å². The van der Waals surface area contributed by atoms with Crippen LogP contribution in [0.25, 0.3) is 0 Å². The minimum absolute atomic E-state index is 0.0218. The number of fused-ring (bicyclic) bond motifs is 1. The summed E-state index contributed by atoms with van der Waals surface area (Å²) in [5.74, 6) is -2.05. The number of benzene rings is 1. The van der Waals surface area contributed by atoms with Gasteiger partial charge in [-0.15, -0.1) is 0 Å². The van der Waals surface area contributed by atoms with E-state index in [0.717, 1.165) is 5.56 Å². The molecule has 2 fully saturated rings. The van der Waals surface area contributed by atoms with E-state index in [2.05, 4.69) is 0 Å². The van der Waals surface area contributed by atoms with Gasteiger partial charge in [0.1, 0.15) is 5.76 Å². The number of rotatable bonds is 6. The molecule has 0 saturated carbocycles. The van der Waals surface area contributed by atoms with Crippen LogP contribution in [-0.4, -0.2) is 47.2 Å². The largest absolute Gasteiger partial charge is 0.478 e. The maximum Gasteiger partial charge on any atom is 0.336 e. The molecule has 0 aliphatic carbocycles. The van der Waals surface area contributed by atoms with Crippen LogP contribution in [0, 0.1) is 0 Å². The highest BCUT2D eigenvalue weighted by atomic mass is 16.6. The molecule has 0 bridgehead atoms. The molecule has 2 aliphatic rings. The lowest BCUT2D eigenvalue weighted by Gasteiger charge is -2.33. The number of nitrogens with zero attached hydrogens (tertiary/aromatic N) is 1. The van der Waals surface area contributed by atoms with Crippen molar-refractivity contribution in [3.8, 4) is 0 Å². The first-order valence-electron chi connectivity index (χ1n) is 8.09. The normalized spacial score (nSPS) is 23.4. The van der Waals surface area contributed by atoms with Gasteiger partial charge in [0.05, 0.1) is 19.1 Å². The zero-order valence-corrected chi connectivity index (χ0v) is 13.8. The number of amides is 1. The van der Waals surface area contributed by atoms with Crippen LogP contribution in [0.4, 0.5) is 0 Å². The van der Waals surface area contributed by atoms with Crippen LogP contribution < -0.4 is 0 Å². The number of aliphatic carboxylic acids is 1. The van der Waals surface area contributed by atoms with Gasteiger partial charge in [0.25, 0.3) is 0 Å². The average molecular weight is 345 g/mol. The van der Waals surface area contributed by atoms with E-state index in [1.54, 1.807) is 0 Å². The van der Waals surface area contributed by atoms with Crippen molar-refractivity contribution in [2.75, 3.05) is 7.11 Å². The van der Waals surface area contributed by atoms with Gasteiger partial charge in [0.15, 0.2) is 12.3 Å². The lowest BCUT2D eigenvalue weighted by atomic mass is 10.00. The van der Waals surface area contributed by atoms with Gasteiger partial charge in [-0.3, -0.25) is 9.69 Å². The third kappa shape index (κ3) is 3.22. The molecule has 7 heteroatoms. The van der Waals surface area contributed by atoms with Gasteiger partial charge >= 0.3 is 11.9 Å². The van der Waals surface area contributed by atoms with Gasteiger partial charge in [0.2, 0.25) is 5.91 Å². The second-order valence-electron chi connectivity index (χ2n) is 5.99. The van der Waals surface area contributed by atoms with Crippen LogP contribution in [0.3, 0.4) is 0 Å². The van der Waals surface area contributed by atoms with Gasteiger partial charge in [-0.25, -0.2) is 9.59 Å². The molecular weight excluding hydrogens is 326 g/mol. The molecule has 3 rings (SSSR count). The van der Waals surface area contributed by atoms with Crippen molar-refractivity contribution < 1.29 is 29.0 Å². The van der Waals surface area contributed by atoms with E-state index >= 15 is 0 Å². The first-order valence-corrected chi connectivity index (χ1v) is 8.09. The van der Waals surface area contributed by atoms with E-state index in [4.69, 9.17) is 9.47 Å². The maximum absolute atomic E-state index is 12.1. The molecule has 2 aliphatic heterocycles. The number of carboxylic acids is 1. The highest BCUT2D eigenvalue weighted by Crippen LogP contribution is 2.39. The SMILES string of the molecule is COC(=O)C1C(=C(CCCc2ccccc2)C(=O)O)O[C@@H]2CC(=O)N12. The molecular formula is C18H19NO6. The van der Waals surface area contributed by atoms with Crippen molar-refractivity contribution in [1.29, 1.82) is 0 Å². The first-order chi connectivity index (χ1) is 12.0. The predicted molar refractivity (Wildman–Crippen MR) is 86.2 cm³/mol. The highest BCUT2D eigenvalue weighted by Gasteiger charge is 2.55. The number of carboxylic acid groups (broad SMARTS) is 1. The molecule has 2 atom stereocenters. The van der Waals surface area contributed by atoms with Crippen molar-refractivity contribution in [3.63, 3.8) is 0 Å². The standard InChI is InChI=1S/C18H19NO6/c1-24-18(23)15-16(25-14-10-13(20)19(14)15)12(17(21)22)9-5-8-11-6-3-2-4-7-11/h2-4,6-7,14-15H,5,8-10H2,1H3,(H,21,22)/t14-,15?/m1/s1. The fourth-order valence-electron chi connectivity index (χ4n) is 3.17. The Kier molecular flexibility index (Phi) is 4.74. The Hall–Kier alpha value is -2.83. The molecule has 2 heterocycles. The number of carbonyl (C=O) groups is 3.